The molecule has 2 heterocycles. The van der Waals surface area contributed by atoms with E-state index in [1.807, 2.05) is 18.2 Å². The van der Waals surface area contributed by atoms with Crippen LogP contribution < -0.4 is 0 Å². The fourth-order valence-electron chi connectivity index (χ4n) is 1.61. The molecule has 0 saturated heterocycles. The van der Waals surface area contributed by atoms with Crippen LogP contribution in [0.4, 0.5) is 0 Å². The van der Waals surface area contributed by atoms with Gasteiger partial charge in [-0.2, -0.15) is 0 Å². The van der Waals surface area contributed by atoms with E-state index in [4.69, 9.17) is 11.6 Å². The smallest absolute Gasteiger partial charge is 0.162 e. The predicted molar refractivity (Wildman–Crippen MR) is 68.8 cm³/mol. The van der Waals surface area contributed by atoms with Gasteiger partial charge in [0.15, 0.2) is 5.82 Å². The highest BCUT2D eigenvalue weighted by Crippen LogP contribution is 2.18. The predicted octanol–water partition coefficient (Wildman–Crippen LogP) is 3.39. The van der Waals surface area contributed by atoms with E-state index in [-0.39, 0.29) is 0 Å². The molecule has 0 radical (unpaired) electrons. The maximum Gasteiger partial charge on any atom is 0.162 e. The fourth-order valence-corrected chi connectivity index (χ4v) is 1.82. The summed E-state index contributed by atoms with van der Waals surface area (Å²) in [6.45, 7) is 4.31. The maximum absolute atomic E-state index is 6.01. The van der Waals surface area contributed by atoms with Crippen molar-refractivity contribution in [3.8, 4) is 11.4 Å². The van der Waals surface area contributed by atoms with E-state index in [1.165, 1.54) is 0 Å². The first-order chi connectivity index (χ1) is 8.15. The normalized spacial score (nSPS) is 10.8. The minimum atomic E-state index is 0.481. The molecule has 0 atom stereocenters. The average Bonchev–Trinajstić information content (AvgIpc) is 2.28. The Morgan fingerprint density at radius 2 is 2.12 bits per heavy atom. The monoisotopic (exact) mass is 247 g/mol. The Morgan fingerprint density at radius 3 is 2.76 bits per heavy atom. The van der Waals surface area contributed by atoms with Crippen molar-refractivity contribution in [1.82, 2.24) is 15.0 Å². The van der Waals surface area contributed by atoms with Gasteiger partial charge in [0.25, 0.3) is 0 Å². The third kappa shape index (κ3) is 3.24. The van der Waals surface area contributed by atoms with Crippen LogP contribution in [0, 0.1) is 5.92 Å². The number of pyridine rings is 1. The fraction of sp³-hybridized carbons (Fsp3) is 0.308. The van der Waals surface area contributed by atoms with E-state index < -0.39 is 0 Å². The summed E-state index contributed by atoms with van der Waals surface area (Å²) >= 11 is 6.01. The second kappa shape index (κ2) is 5.23. The summed E-state index contributed by atoms with van der Waals surface area (Å²) in [7, 11) is 0. The first-order valence-electron chi connectivity index (χ1n) is 5.59. The zero-order chi connectivity index (χ0) is 12.3. The lowest BCUT2D eigenvalue weighted by Crippen LogP contribution is -2.00. The third-order valence-corrected chi connectivity index (χ3v) is 2.48. The molecule has 2 aromatic rings. The number of halogens is 1. The molecule has 0 bridgehead atoms. The molecule has 17 heavy (non-hydrogen) atoms. The van der Waals surface area contributed by atoms with Gasteiger partial charge in [-0.05, 0) is 30.5 Å². The molecule has 0 aliphatic rings. The van der Waals surface area contributed by atoms with Crippen LogP contribution in [0.2, 0.25) is 5.15 Å². The largest absolute Gasteiger partial charge is 0.264 e. The van der Waals surface area contributed by atoms with E-state index in [1.54, 1.807) is 12.4 Å². The van der Waals surface area contributed by atoms with Crippen LogP contribution in [0.5, 0.6) is 0 Å². The van der Waals surface area contributed by atoms with Gasteiger partial charge in [-0.25, -0.2) is 9.97 Å². The topological polar surface area (TPSA) is 38.7 Å². The molecule has 3 nitrogen and oxygen atoms in total. The summed E-state index contributed by atoms with van der Waals surface area (Å²) < 4.78 is 0. The molecule has 0 unspecified atom stereocenters. The van der Waals surface area contributed by atoms with Crippen LogP contribution >= 0.6 is 11.6 Å². The quantitative estimate of drug-likeness (QED) is 0.781. The lowest BCUT2D eigenvalue weighted by atomic mass is 10.1. The van der Waals surface area contributed by atoms with E-state index in [0.717, 1.165) is 17.7 Å². The highest BCUT2D eigenvalue weighted by Gasteiger charge is 2.07. The van der Waals surface area contributed by atoms with Gasteiger partial charge in [0.1, 0.15) is 5.15 Å². The van der Waals surface area contributed by atoms with Gasteiger partial charge in [0, 0.05) is 23.7 Å². The standard InChI is InChI=1S/C13H14ClN3/c1-9(2)6-11-7-12(14)17-13(16-11)10-4-3-5-15-8-10/h3-5,7-9H,6H2,1-2H3. The molecule has 0 fully saturated rings. The molecule has 2 rings (SSSR count). The van der Waals surface area contributed by atoms with Crippen LogP contribution in [0.1, 0.15) is 19.5 Å². The summed E-state index contributed by atoms with van der Waals surface area (Å²) in [5.74, 6) is 1.18. The Morgan fingerprint density at radius 1 is 1.29 bits per heavy atom. The summed E-state index contributed by atoms with van der Waals surface area (Å²) in [5.41, 5.74) is 1.86. The second-order valence-corrected chi connectivity index (χ2v) is 4.73. The van der Waals surface area contributed by atoms with Crippen molar-refractivity contribution in [2.24, 2.45) is 5.92 Å². The Balaban J connectivity index is 2.38. The maximum atomic E-state index is 6.01. The Hall–Kier alpha value is -1.48. The Bertz CT molecular complexity index is 497. The van der Waals surface area contributed by atoms with Gasteiger partial charge in [-0.1, -0.05) is 25.4 Å². The molecule has 0 aliphatic heterocycles. The average molecular weight is 248 g/mol. The van der Waals surface area contributed by atoms with Crippen molar-refractivity contribution in [2.75, 3.05) is 0 Å². The SMILES string of the molecule is CC(C)Cc1cc(Cl)nc(-c2cccnc2)n1. The molecular formula is C13H14ClN3. The van der Waals surface area contributed by atoms with Gasteiger partial charge < -0.3 is 0 Å². The van der Waals surface area contributed by atoms with Crippen molar-refractivity contribution in [1.29, 1.82) is 0 Å². The zero-order valence-electron chi connectivity index (χ0n) is 9.89. The first kappa shape index (κ1) is 12.0. The molecule has 0 N–H and O–H groups in total. The summed E-state index contributed by atoms with van der Waals surface area (Å²) in [6.07, 6.45) is 4.36. The van der Waals surface area contributed by atoms with Crippen LogP contribution in [0.3, 0.4) is 0 Å². The first-order valence-corrected chi connectivity index (χ1v) is 5.97. The Labute approximate surface area is 106 Å². The molecule has 0 saturated carbocycles. The van der Waals surface area contributed by atoms with Crippen LogP contribution in [0.25, 0.3) is 11.4 Å². The van der Waals surface area contributed by atoms with Crippen LogP contribution in [-0.2, 0) is 6.42 Å². The van der Waals surface area contributed by atoms with Crippen molar-refractivity contribution in [3.63, 3.8) is 0 Å². The number of aromatic nitrogens is 3. The van der Waals surface area contributed by atoms with Gasteiger partial charge in [-0.3, -0.25) is 4.98 Å². The van der Waals surface area contributed by atoms with E-state index in [9.17, 15) is 0 Å². The molecule has 0 aromatic carbocycles. The lowest BCUT2D eigenvalue weighted by molar-refractivity contribution is 0.634. The summed E-state index contributed by atoms with van der Waals surface area (Å²) in [5, 5.41) is 0.481. The van der Waals surface area contributed by atoms with E-state index in [2.05, 4.69) is 28.8 Å². The number of hydrogen-bond donors (Lipinski definition) is 0. The van der Waals surface area contributed by atoms with Crippen molar-refractivity contribution >= 4 is 11.6 Å². The molecule has 0 aliphatic carbocycles. The molecular weight excluding hydrogens is 234 g/mol. The summed E-state index contributed by atoms with van der Waals surface area (Å²) in [6, 6.07) is 5.61. The summed E-state index contributed by atoms with van der Waals surface area (Å²) in [4.78, 5) is 12.8. The van der Waals surface area contributed by atoms with Crippen LogP contribution in [0.15, 0.2) is 30.6 Å². The van der Waals surface area contributed by atoms with Crippen molar-refractivity contribution in [3.05, 3.63) is 41.4 Å². The second-order valence-electron chi connectivity index (χ2n) is 4.35. The highest BCUT2D eigenvalue weighted by atomic mass is 35.5. The molecule has 4 heteroatoms. The molecule has 0 amide bonds. The van der Waals surface area contributed by atoms with Gasteiger partial charge in [0.05, 0.1) is 0 Å². The minimum absolute atomic E-state index is 0.481. The molecule has 88 valence electrons. The molecule has 2 aromatic heterocycles. The number of hydrogen-bond acceptors (Lipinski definition) is 3. The van der Waals surface area contributed by atoms with E-state index >= 15 is 0 Å². The third-order valence-electron chi connectivity index (χ3n) is 2.29. The number of nitrogens with zero attached hydrogens (tertiary/aromatic N) is 3. The van der Waals surface area contributed by atoms with Gasteiger partial charge in [-0.15, -0.1) is 0 Å². The highest BCUT2D eigenvalue weighted by molar-refractivity contribution is 6.29. The van der Waals surface area contributed by atoms with Crippen molar-refractivity contribution < 1.29 is 0 Å². The Kier molecular flexibility index (Phi) is 3.69. The van der Waals surface area contributed by atoms with Gasteiger partial charge >= 0.3 is 0 Å². The van der Waals surface area contributed by atoms with E-state index in [0.29, 0.717) is 16.9 Å². The minimum Gasteiger partial charge on any atom is -0.264 e. The zero-order valence-corrected chi connectivity index (χ0v) is 10.6. The van der Waals surface area contributed by atoms with Crippen LogP contribution in [-0.4, -0.2) is 15.0 Å². The van der Waals surface area contributed by atoms with Gasteiger partial charge in [0.2, 0.25) is 0 Å². The van der Waals surface area contributed by atoms with Crippen molar-refractivity contribution in [2.45, 2.75) is 20.3 Å². The lowest BCUT2D eigenvalue weighted by Gasteiger charge is -2.07. The number of rotatable bonds is 3. The molecule has 0 spiro atoms.